The number of carbonyl (C=O) groups is 7. The van der Waals surface area contributed by atoms with E-state index in [4.69, 9.17) is 17.2 Å². The molecule has 0 aromatic carbocycles. The zero-order valence-corrected chi connectivity index (χ0v) is 33.5. The number of amides is 6. The van der Waals surface area contributed by atoms with Crippen molar-refractivity contribution in [2.75, 3.05) is 6.54 Å². The maximum atomic E-state index is 14.2. The summed E-state index contributed by atoms with van der Waals surface area (Å²) >= 11 is 0. The molecule has 0 aromatic rings. The van der Waals surface area contributed by atoms with Crippen LogP contribution in [0.2, 0.25) is 0 Å². The highest BCUT2D eigenvalue weighted by Crippen LogP contribution is 2.18. The number of nitrogens with two attached hydrogens (primary N) is 3. The molecule has 0 radical (unpaired) electrons. The van der Waals surface area contributed by atoms with Crippen LogP contribution in [0.4, 0.5) is 0 Å². The fraction of sp³-hybridized carbons (Fsp3) is 0.825. The van der Waals surface area contributed by atoms with Gasteiger partial charge >= 0.3 is 5.97 Å². The summed E-state index contributed by atoms with van der Waals surface area (Å²) in [4.78, 5) is 90.9. The van der Waals surface area contributed by atoms with Crippen LogP contribution in [-0.4, -0.2) is 76.1 Å². The van der Waals surface area contributed by atoms with Gasteiger partial charge in [-0.05, 0) is 51.5 Å². The fourth-order valence-electron chi connectivity index (χ4n) is 6.41. The number of carbonyl (C=O) groups excluding carboxylic acids is 6. The van der Waals surface area contributed by atoms with Crippen molar-refractivity contribution in [3.05, 3.63) is 0 Å². The Hall–Kier alpha value is -3.55. The number of hydrogen-bond donors (Lipinski definition) is 6. The molecule has 0 aliphatic carbocycles. The van der Waals surface area contributed by atoms with E-state index in [0.717, 1.165) is 64.2 Å². The van der Waals surface area contributed by atoms with Crippen LogP contribution in [0.15, 0.2) is 0 Å². The maximum Gasteiger partial charge on any atom is 0.326 e. The molecule has 0 aliphatic rings. The molecule has 14 heteroatoms. The Morgan fingerprint density at radius 1 is 0.537 bits per heavy atom. The molecule has 14 nitrogen and oxygen atoms in total. The molecule has 312 valence electrons. The van der Waals surface area contributed by atoms with Crippen molar-refractivity contribution < 1.29 is 38.7 Å². The molecule has 0 aliphatic heterocycles. The number of rotatable bonds is 36. The second-order valence-corrected chi connectivity index (χ2v) is 14.6. The highest BCUT2D eigenvalue weighted by molar-refractivity contribution is 6.03. The van der Waals surface area contributed by atoms with Crippen LogP contribution in [0.25, 0.3) is 0 Å². The second-order valence-electron chi connectivity index (χ2n) is 14.6. The van der Waals surface area contributed by atoms with E-state index in [9.17, 15) is 38.7 Å². The van der Waals surface area contributed by atoms with Crippen molar-refractivity contribution in [1.82, 2.24) is 15.5 Å². The number of aliphatic carboxylic acids is 1. The molecule has 0 saturated heterocycles. The van der Waals surface area contributed by atoms with Crippen LogP contribution in [0.1, 0.15) is 187 Å². The van der Waals surface area contributed by atoms with Gasteiger partial charge in [-0.25, -0.2) is 4.79 Å². The fourth-order valence-corrected chi connectivity index (χ4v) is 6.41. The first-order valence-electron chi connectivity index (χ1n) is 20.8. The van der Waals surface area contributed by atoms with Crippen LogP contribution in [0.3, 0.4) is 0 Å². The van der Waals surface area contributed by atoms with Gasteiger partial charge in [-0.15, -0.1) is 0 Å². The lowest BCUT2D eigenvalue weighted by atomic mass is 10.0. The topological polar surface area (TPSA) is 245 Å². The lowest BCUT2D eigenvalue weighted by Crippen LogP contribution is -2.58. The Bertz CT molecular complexity index is 1100. The Morgan fingerprint density at radius 3 is 1.46 bits per heavy atom. The second kappa shape index (κ2) is 32.8. The number of nitrogens with zero attached hydrogens (tertiary/aromatic N) is 1. The Kier molecular flexibility index (Phi) is 30.7. The van der Waals surface area contributed by atoms with Gasteiger partial charge < -0.3 is 32.9 Å². The van der Waals surface area contributed by atoms with Crippen molar-refractivity contribution >= 4 is 41.4 Å². The quantitative estimate of drug-likeness (QED) is 0.0455. The zero-order valence-electron chi connectivity index (χ0n) is 33.5. The number of primary amides is 2. The van der Waals surface area contributed by atoms with Gasteiger partial charge in [0, 0.05) is 25.7 Å². The van der Waals surface area contributed by atoms with E-state index in [1.165, 1.54) is 38.5 Å². The molecule has 0 heterocycles. The van der Waals surface area contributed by atoms with Gasteiger partial charge in [0.1, 0.15) is 18.1 Å². The first-order valence-corrected chi connectivity index (χ1v) is 20.8. The van der Waals surface area contributed by atoms with Crippen LogP contribution in [-0.2, 0) is 33.6 Å². The molecule has 3 atom stereocenters. The maximum absolute atomic E-state index is 14.2. The minimum atomic E-state index is -1.69. The van der Waals surface area contributed by atoms with E-state index in [-0.39, 0.29) is 50.9 Å². The summed E-state index contributed by atoms with van der Waals surface area (Å²) in [5, 5.41) is 15.5. The van der Waals surface area contributed by atoms with E-state index in [1.807, 2.05) is 0 Å². The van der Waals surface area contributed by atoms with Crippen molar-refractivity contribution in [2.45, 2.75) is 205 Å². The van der Waals surface area contributed by atoms with E-state index in [2.05, 4.69) is 24.5 Å². The molecular weight excluding hydrogens is 692 g/mol. The van der Waals surface area contributed by atoms with E-state index in [1.54, 1.807) is 0 Å². The average Bonchev–Trinajstić information content (AvgIpc) is 3.12. The molecule has 0 fully saturated rings. The van der Waals surface area contributed by atoms with Crippen molar-refractivity contribution in [3.63, 3.8) is 0 Å². The van der Waals surface area contributed by atoms with Crippen LogP contribution < -0.4 is 27.8 Å². The third-order valence-corrected chi connectivity index (χ3v) is 9.66. The largest absolute Gasteiger partial charge is 0.480 e. The predicted molar refractivity (Wildman–Crippen MR) is 211 cm³/mol. The SMILES string of the molecule is CCCCCCCCCCCC(=O)N[C@@H](CCC(N)=O)C(=O)N[C@@H](CCCCN)C(=O)N(C(=O)CCCCCCCCCCC)[C@@H](CCC(N)=O)C(=O)O. The molecule has 0 spiro atoms. The molecule has 9 N–H and O–H groups in total. The Balaban J connectivity index is 5.89. The normalized spacial score (nSPS) is 12.7. The summed E-state index contributed by atoms with van der Waals surface area (Å²) in [6, 6.07) is -4.24. The lowest BCUT2D eigenvalue weighted by molar-refractivity contribution is -0.160. The Labute approximate surface area is 324 Å². The predicted octanol–water partition coefficient (Wildman–Crippen LogP) is 5.27. The van der Waals surface area contributed by atoms with Crippen LogP contribution >= 0.6 is 0 Å². The zero-order chi connectivity index (χ0) is 40.6. The average molecular weight is 767 g/mol. The molecule has 0 saturated carbocycles. The van der Waals surface area contributed by atoms with Gasteiger partial charge in [-0.1, -0.05) is 117 Å². The smallest absolute Gasteiger partial charge is 0.326 e. The monoisotopic (exact) mass is 767 g/mol. The standard InChI is InChI=1S/C40H74N6O8/c1-3-5-7-9-11-13-15-17-19-24-36(49)44-31(26-28-34(42)47)38(51)45-32(23-21-22-30-41)39(52)46(33(40(53)54)27-29-35(43)48)37(50)25-20-18-16-14-12-10-8-6-4-2/h31-33H,3-30,41H2,1-2H3,(H2,42,47)(H2,43,48)(H,44,49)(H,45,51)(H,53,54)/t31-,32-,33-/m0/s1. The third kappa shape index (κ3) is 25.5. The summed E-state index contributed by atoms with van der Waals surface area (Å²) in [6.07, 6.45) is 18.3. The molecule has 0 bridgehead atoms. The summed E-state index contributed by atoms with van der Waals surface area (Å²) < 4.78 is 0. The van der Waals surface area contributed by atoms with E-state index >= 15 is 0 Å². The van der Waals surface area contributed by atoms with Gasteiger partial charge in [0.2, 0.25) is 29.5 Å². The first-order chi connectivity index (χ1) is 25.9. The number of unbranched alkanes of at least 4 members (excludes halogenated alkanes) is 17. The van der Waals surface area contributed by atoms with Crippen molar-refractivity contribution in [1.29, 1.82) is 0 Å². The van der Waals surface area contributed by atoms with E-state index < -0.39 is 53.6 Å². The molecular formula is C40H74N6O8. The first kappa shape index (κ1) is 50.5. The molecule has 54 heavy (non-hydrogen) atoms. The molecule has 0 unspecified atom stereocenters. The minimum absolute atomic E-state index is 0.0284. The number of carboxylic acids is 1. The van der Waals surface area contributed by atoms with Gasteiger partial charge in [0.25, 0.3) is 5.91 Å². The number of imide groups is 1. The van der Waals surface area contributed by atoms with Crippen molar-refractivity contribution in [3.8, 4) is 0 Å². The molecule has 0 rings (SSSR count). The third-order valence-electron chi connectivity index (χ3n) is 9.66. The van der Waals surface area contributed by atoms with Crippen LogP contribution in [0, 0.1) is 0 Å². The summed E-state index contributed by atoms with van der Waals surface area (Å²) in [5.74, 6) is -5.76. The van der Waals surface area contributed by atoms with Gasteiger partial charge in [-0.3, -0.25) is 33.7 Å². The number of nitrogens with one attached hydrogen (secondary N) is 2. The van der Waals surface area contributed by atoms with Crippen molar-refractivity contribution in [2.24, 2.45) is 17.2 Å². The van der Waals surface area contributed by atoms with Gasteiger partial charge in [0.15, 0.2) is 0 Å². The molecule has 6 amide bonds. The minimum Gasteiger partial charge on any atom is -0.480 e. The number of carboxylic acid groups (broad SMARTS) is 1. The van der Waals surface area contributed by atoms with Gasteiger partial charge in [0.05, 0.1) is 0 Å². The van der Waals surface area contributed by atoms with Crippen LogP contribution in [0.5, 0.6) is 0 Å². The van der Waals surface area contributed by atoms with Gasteiger partial charge in [-0.2, -0.15) is 0 Å². The Morgan fingerprint density at radius 2 is 1.00 bits per heavy atom. The summed E-state index contributed by atoms with van der Waals surface area (Å²) in [6.45, 7) is 4.63. The summed E-state index contributed by atoms with van der Waals surface area (Å²) in [5.41, 5.74) is 16.4. The molecule has 0 aromatic heterocycles. The number of hydrogen-bond acceptors (Lipinski definition) is 8. The lowest BCUT2D eigenvalue weighted by Gasteiger charge is -2.32. The highest BCUT2D eigenvalue weighted by Gasteiger charge is 2.39. The highest BCUT2D eigenvalue weighted by atomic mass is 16.4. The summed E-state index contributed by atoms with van der Waals surface area (Å²) in [7, 11) is 0. The van der Waals surface area contributed by atoms with E-state index in [0.29, 0.717) is 37.1 Å².